The van der Waals surface area contributed by atoms with Crippen LogP contribution in [0.1, 0.15) is 11.1 Å². The number of halogens is 1. The fourth-order valence-corrected chi connectivity index (χ4v) is 3.36. The zero-order valence-electron chi connectivity index (χ0n) is 17.7. The summed E-state index contributed by atoms with van der Waals surface area (Å²) >= 11 is 3.52. The van der Waals surface area contributed by atoms with Crippen LogP contribution in [-0.4, -0.2) is 48.0 Å². The molecule has 1 amide bonds. The van der Waals surface area contributed by atoms with Crippen molar-refractivity contribution in [2.24, 2.45) is 0 Å². The molecule has 0 aliphatic rings. The van der Waals surface area contributed by atoms with Crippen molar-refractivity contribution in [3.05, 3.63) is 45.9 Å². The van der Waals surface area contributed by atoms with Gasteiger partial charge >= 0.3 is 0 Å². The Morgan fingerprint density at radius 3 is 1.97 bits per heavy atom. The van der Waals surface area contributed by atoms with E-state index < -0.39 is 0 Å². The molecule has 8 heteroatoms. The molecule has 0 aliphatic heterocycles. The smallest absolute Gasteiger partial charge is 0.244 e. The van der Waals surface area contributed by atoms with Gasteiger partial charge in [-0.3, -0.25) is 4.79 Å². The van der Waals surface area contributed by atoms with Crippen molar-refractivity contribution < 1.29 is 28.5 Å². The summed E-state index contributed by atoms with van der Waals surface area (Å²) in [6.07, 6.45) is 3.78. The number of nitrogens with one attached hydrogen (secondary N) is 1. The van der Waals surface area contributed by atoms with Crippen LogP contribution in [0.4, 0.5) is 0 Å². The summed E-state index contributed by atoms with van der Waals surface area (Å²) in [5.74, 6) is 2.63. The quantitative estimate of drug-likeness (QED) is 0.521. The van der Waals surface area contributed by atoms with Crippen molar-refractivity contribution in [3.8, 4) is 28.7 Å². The maximum absolute atomic E-state index is 12.2. The molecule has 1 N–H and O–H groups in total. The highest BCUT2D eigenvalue weighted by Crippen LogP contribution is 2.38. The van der Waals surface area contributed by atoms with Gasteiger partial charge in [-0.2, -0.15) is 0 Å². The number of amides is 1. The predicted octanol–water partition coefficient (Wildman–Crippen LogP) is 3.86. The van der Waals surface area contributed by atoms with Crippen LogP contribution in [0.15, 0.2) is 34.8 Å². The fraction of sp³-hybridized carbons (Fsp3) is 0.318. The van der Waals surface area contributed by atoms with E-state index in [2.05, 4.69) is 21.2 Å². The van der Waals surface area contributed by atoms with Crippen molar-refractivity contribution in [1.82, 2.24) is 5.32 Å². The van der Waals surface area contributed by atoms with Crippen LogP contribution in [-0.2, 0) is 11.2 Å². The molecule has 0 bridgehead atoms. The van der Waals surface area contributed by atoms with Gasteiger partial charge in [0.05, 0.1) is 35.5 Å². The molecule has 2 aromatic rings. The molecule has 0 saturated heterocycles. The average molecular weight is 480 g/mol. The first kappa shape index (κ1) is 23.4. The van der Waals surface area contributed by atoms with Gasteiger partial charge in [0.1, 0.15) is 0 Å². The van der Waals surface area contributed by atoms with Gasteiger partial charge in [0.15, 0.2) is 23.0 Å². The standard InChI is InChI=1S/C22H26BrNO6/c1-26-17-12-15(16(23)13-18(17)27-2)8-9-24-21(25)7-6-14-10-19(28-3)22(30-5)20(11-14)29-4/h6-7,10-13H,8-9H2,1-5H3,(H,24,25)/b7-6+. The zero-order valence-corrected chi connectivity index (χ0v) is 19.3. The molecule has 0 aromatic heterocycles. The molecule has 0 heterocycles. The van der Waals surface area contributed by atoms with E-state index in [4.69, 9.17) is 23.7 Å². The molecular formula is C22H26BrNO6. The van der Waals surface area contributed by atoms with Crippen molar-refractivity contribution in [3.63, 3.8) is 0 Å². The first-order valence-corrected chi connectivity index (χ1v) is 9.93. The second-order valence-electron chi connectivity index (χ2n) is 6.13. The molecule has 0 radical (unpaired) electrons. The van der Waals surface area contributed by atoms with E-state index in [1.165, 1.54) is 6.08 Å². The Morgan fingerprint density at radius 1 is 0.867 bits per heavy atom. The third kappa shape index (κ3) is 5.82. The number of hydrogen-bond acceptors (Lipinski definition) is 6. The van der Waals surface area contributed by atoms with Gasteiger partial charge in [-0.15, -0.1) is 0 Å². The highest BCUT2D eigenvalue weighted by molar-refractivity contribution is 9.10. The van der Waals surface area contributed by atoms with Gasteiger partial charge < -0.3 is 29.0 Å². The van der Waals surface area contributed by atoms with Crippen LogP contribution >= 0.6 is 15.9 Å². The van der Waals surface area contributed by atoms with Gasteiger partial charge in [-0.05, 0) is 47.9 Å². The van der Waals surface area contributed by atoms with E-state index in [0.717, 1.165) is 15.6 Å². The van der Waals surface area contributed by atoms with Crippen molar-refractivity contribution >= 4 is 27.9 Å². The molecule has 0 saturated carbocycles. The Morgan fingerprint density at radius 2 is 1.43 bits per heavy atom. The topological polar surface area (TPSA) is 75.3 Å². The second kappa shape index (κ2) is 11.3. The average Bonchev–Trinajstić information content (AvgIpc) is 2.77. The molecule has 0 aliphatic carbocycles. The van der Waals surface area contributed by atoms with Crippen LogP contribution in [0.3, 0.4) is 0 Å². The lowest BCUT2D eigenvalue weighted by atomic mass is 10.1. The van der Waals surface area contributed by atoms with E-state index >= 15 is 0 Å². The summed E-state index contributed by atoms with van der Waals surface area (Å²) in [7, 11) is 7.81. The minimum absolute atomic E-state index is 0.208. The summed E-state index contributed by atoms with van der Waals surface area (Å²) in [5.41, 5.74) is 1.75. The Kier molecular flexibility index (Phi) is 8.86. The van der Waals surface area contributed by atoms with E-state index in [1.54, 1.807) is 53.8 Å². The molecule has 2 aromatic carbocycles. The minimum atomic E-state index is -0.208. The highest BCUT2D eigenvalue weighted by atomic mass is 79.9. The van der Waals surface area contributed by atoms with Gasteiger partial charge in [0.25, 0.3) is 0 Å². The van der Waals surface area contributed by atoms with Gasteiger partial charge in [0, 0.05) is 17.1 Å². The Balaban J connectivity index is 2.01. The third-order valence-corrected chi connectivity index (χ3v) is 5.10. The number of methoxy groups -OCH3 is 5. The number of benzene rings is 2. The highest BCUT2D eigenvalue weighted by Gasteiger charge is 2.12. The molecule has 7 nitrogen and oxygen atoms in total. The van der Waals surface area contributed by atoms with Crippen LogP contribution in [0.5, 0.6) is 28.7 Å². The molecule has 2 rings (SSSR count). The van der Waals surface area contributed by atoms with Crippen LogP contribution in [0.25, 0.3) is 6.08 Å². The maximum atomic E-state index is 12.2. The molecular weight excluding hydrogens is 454 g/mol. The SMILES string of the molecule is COc1cc(Br)c(CCNC(=O)/C=C/c2cc(OC)c(OC)c(OC)c2)cc1OC. The Hall–Kier alpha value is -2.87. The fourth-order valence-electron chi connectivity index (χ4n) is 2.84. The Labute approximate surface area is 185 Å². The summed E-state index contributed by atoms with van der Waals surface area (Å²) in [6, 6.07) is 7.28. The molecule has 0 atom stereocenters. The van der Waals surface area contributed by atoms with Crippen molar-refractivity contribution in [1.29, 1.82) is 0 Å². The van der Waals surface area contributed by atoms with Crippen molar-refractivity contribution in [2.45, 2.75) is 6.42 Å². The molecule has 0 fully saturated rings. The number of carbonyl (C=O) groups excluding carboxylic acids is 1. The number of carbonyl (C=O) groups is 1. The van der Waals surface area contributed by atoms with Gasteiger partial charge in [0.2, 0.25) is 11.7 Å². The Bertz CT molecular complexity index is 888. The third-order valence-electron chi connectivity index (χ3n) is 4.36. The van der Waals surface area contributed by atoms with Crippen LogP contribution in [0, 0.1) is 0 Å². The second-order valence-corrected chi connectivity index (χ2v) is 6.99. The van der Waals surface area contributed by atoms with E-state index in [9.17, 15) is 4.79 Å². The maximum Gasteiger partial charge on any atom is 0.244 e. The number of rotatable bonds is 10. The molecule has 0 unspecified atom stereocenters. The number of ether oxygens (including phenoxy) is 5. The summed E-state index contributed by atoms with van der Waals surface area (Å²) in [4.78, 5) is 12.2. The minimum Gasteiger partial charge on any atom is -0.493 e. The zero-order chi connectivity index (χ0) is 22.1. The normalized spacial score (nSPS) is 10.6. The number of hydrogen-bond donors (Lipinski definition) is 1. The summed E-state index contributed by atoms with van der Waals surface area (Å²) in [6.45, 7) is 0.465. The summed E-state index contributed by atoms with van der Waals surface area (Å²) < 4.78 is 27.4. The van der Waals surface area contributed by atoms with Gasteiger partial charge in [-0.25, -0.2) is 0 Å². The van der Waals surface area contributed by atoms with Gasteiger partial charge in [-0.1, -0.05) is 15.9 Å². The van der Waals surface area contributed by atoms with Crippen LogP contribution in [0.2, 0.25) is 0 Å². The lowest BCUT2D eigenvalue weighted by Crippen LogP contribution is -2.23. The lowest BCUT2D eigenvalue weighted by molar-refractivity contribution is -0.116. The van der Waals surface area contributed by atoms with Crippen molar-refractivity contribution in [2.75, 3.05) is 42.1 Å². The lowest BCUT2D eigenvalue weighted by Gasteiger charge is -2.13. The molecule has 0 spiro atoms. The van der Waals surface area contributed by atoms with Crippen LogP contribution < -0.4 is 29.0 Å². The monoisotopic (exact) mass is 479 g/mol. The van der Waals surface area contributed by atoms with E-state index in [0.29, 0.717) is 41.7 Å². The first-order chi connectivity index (χ1) is 14.5. The largest absolute Gasteiger partial charge is 0.493 e. The van der Waals surface area contributed by atoms with E-state index in [-0.39, 0.29) is 5.91 Å². The predicted molar refractivity (Wildman–Crippen MR) is 119 cm³/mol. The molecule has 162 valence electrons. The molecule has 30 heavy (non-hydrogen) atoms. The first-order valence-electron chi connectivity index (χ1n) is 9.13. The van der Waals surface area contributed by atoms with E-state index in [1.807, 2.05) is 12.1 Å². The summed E-state index contributed by atoms with van der Waals surface area (Å²) in [5, 5.41) is 2.87.